The van der Waals surface area contributed by atoms with Crippen LogP contribution in [-0.2, 0) is 9.47 Å². The zero-order chi connectivity index (χ0) is 13.7. The van der Waals surface area contributed by atoms with Gasteiger partial charge >= 0.3 is 0 Å². The van der Waals surface area contributed by atoms with E-state index in [9.17, 15) is 0 Å². The fourth-order valence-corrected chi connectivity index (χ4v) is 2.21. The quantitative estimate of drug-likeness (QED) is 0.916. The van der Waals surface area contributed by atoms with Crippen molar-refractivity contribution in [2.45, 2.75) is 18.4 Å². The molecule has 1 aliphatic heterocycles. The Morgan fingerprint density at radius 3 is 2.89 bits per heavy atom. The van der Waals surface area contributed by atoms with Crippen LogP contribution in [0.5, 0.6) is 0 Å². The fraction of sp³-hybridized carbons (Fsp3) is 0.538. The molecule has 5 nitrogen and oxygen atoms in total. The predicted molar refractivity (Wildman–Crippen MR) is 72.2 cm³/mol. The lowest BCUT2D eigenvalue weighted by molar-refractivity contribution is -0.0807. The highest BCUT2D eigenvalue weighted by molar-refractivity contribution is 6.31. The van der Waals surface area contributed by atoms with Crippen LogP contribution in [0.2, 0.25) is 5.02 Å². The largest absolute Gasteiger partial charge is 0.381 e. The molecule has 1 aromatic rings. The maximum atomic E-state index is 8.89. The Hall–Kier alpha value is -1.35. The molecule has 1 saturated heterocycles. The summed E-state index contributed by atoms with van der Waals surface area (Å²) in [7, 11) is 1.71. The smallest absolute Gasteiger partial charge is 0.161 e. The average molecular weight is 282 g/mol. The highest BCUT2D eigenvalue weighted by Gasteiger charge is 2.32. The Labute approximate surface area is 117 Å². The number of rotatable bonds is 4. The molecule has 1 aliphatic rings. The first-order valence-corrected chi connectivity index (χ1v) is 6.50. The summed E-state index contributed by atoms with van der Waals surface area (Å²) in [6.45, 7) is 2.03. The van der Waals surface area contributed by atoms with Crippen LogP contribution in [0, 0.1) is 11.3 Å². The van der Waals surface area contributed by atoms with E-state index in [0.29, 0.717) is 30.6 Å². The number of hydrogen-bond acceptors (Lipinski definition) is 5. The molecular weight excluding hydrogens is 266 g/mol. The molecule has 0 atom stereocenters. The second-order valence-corrected chi connectivity index (χ2v) is 4.90. The van der Waals surface area contributed by atoms with Crippen LogP contribution in [0.1, 0.15) is 18.5 Å². The molecule has 0 spiro atoms. The number of nitrogens with one attached hydrogen (secondary N) is 1. The molecule has 0 aromatic carbocycles. The molecule has 1 aromatic heterocycles. The summed E-state index contributed by atoms with van der Waals surface area (Å²) in [5.41, 5.74) is -0.00283. The Morgan fingerprint density at radius 2 is 2.26 bits per heavy atom. The zero-order valence-electron chi connectivity index (χ0n) is 10.8. The molecule has 0 unspecified atom stereocenters. The first-order valence-electron chi connectivity index (χ1n) is 6.12. The van der Waals surface area contributed by atoms with E-state index in [1.165, 1.54) is 0 Å². The van der Waals surface area contributed by atoms with Gasteiger partial charge in [0.15, 0.2) is 5.69 Å². The second-order valence-electron chi connectivity index (χ2n) is 4.49. The van der Waals surface area contributed by atoms with Gasteiger partial charge in [-0.2, -0.15) is 5.26 Å². The van der Waals surface area contributed by atoms with Crippen LogP contribution in [-0.4, -0.2) is 37.5 Å². The molecular formula is C13H16ClN3O2. The Kier molecular flexibility index (Phi) is 4.59. The van der Waals surface area contributed by atoms with E-state index in [4.69, 9.17) is 26.3 Å². The van der Waals surface area contributed by atoms with Crippen molar-refractivity contribution < 1.29 is 9.47 Å². The lowest BCUT2D eigenvalue weighted by Gasteiger charge is -2.36. The van der Waals surface area contributed by atoms with Crippen molar-refractivity contribution in [2.24, 2.45) is 0 Å². The number of aromatic nitrogens is 1. The number of pyridine rings is 1. The molecule has 0 saturated carbocycles. The summed E-state index contributed by atoms with van der Waals surface area (Å²) in [6, 6.07) is 5.38. The minimum Gasteiger partial charge on any atom is -0.381 e. The van der Waals surface area contributed by atoms with Gasteiger partial charge < -0.3 is 14.8 Å². The van der Waals surface area contributed by atoms with Crippen LogP contribution < -0.4 is 5.32 Å². The van der Waals surface area contributed by atoms with Crippen molar-refractivity contribution >= 4 is 17.4 Å². The molecule has 1 N–H and O–H groups in total. The fourth-order valence-electron chi connectivity index (χ4n) is 2.07. The van der Waals surface area contributed by atoms with Gasteiger partial charge in [-0.05, 0) is 12.1 Å². The van der Waals surface area contributed by atoms with Gasteiger partial charge in [0.05, 0.1) is 10.6 Å². The van der Waals surface area contributed by atoms with Crippen molar-refractivity contribution in [1.82, 2.24) is 4.98 Å². The number of hydrogen-bond donors (Lipinski definition) is 1. The number of anilines is 1. The van der Waals surface area contributed by atoms with Crippen molar-refractivity contribution in [3.05, 3.63) is 22.8 Å². The number of nitrogens with zero attached hydrogens (tertiary/aromatic N) is 2. The molecule has 102 valence electrons. The standard InChI is InChI=1S/C13H16ClN3O2/c1-18-13(4-6-19-7-5-13)9-16-12-3-2-10(14)11(8-15)17-12/h2-3H,4-7,9H2,1H3,(H,16,17). The maximum Gasteiger partial charge on any atom is 0.161 e. The Balaban J connectivity index is 2.03. The second kappa shape index (κ2) is 6.20. The molecule has 6 heteroatoms. The molecule has 2 heterocycles. The van der Waals surface area contributed by atoms with Crippen molar-refractivity contribution in [2.75, 3.05) is 32.2 Å². The van der Waals surface area contributed by atoms with Gasteiger partial charge in [-0.3, -0.25) is 0 Å². The predicted octanol–water partition coefficient (Wildman–Crippen LogP) is 2.21. The van der Waals surface area contributed by atoms with E-state index in [1.807, 2.05) is 6.07 Å². The SMILES string of the molecule is COC1(CNc2ccc(Cl)c(C#N)n2)CCOCC1. The summed E-state index contributed by atoms with van der Waals surface area (Å²) in [5.74, 6) is 0.629. The highest BCUT2D eigenvalue weighted by atomic mass is 35.5. The van der Waals surface area contributed by atoms with E-state index < -0.39 is 0 Å². The lowest BCUT2D eigenvalue weighted by Crippen LogP contribution is -2.44. The van der Waals surface area contributed by atoms with Crippen LogP contribution >= 0.6 is 11.6 Å². The number of nitriles is 1. The first-order chi connectivity index (χ1) is 9.19. The van der Waals surface area contributed by atoms with E-state index in [2.05, 4.69) is 10.3 Å². The van der Waals surface area contributed by atoms with E-state index >= 15 is 0 Å². The van der Waals surface area contributed by atoms with Crippen LogP contribution in [0.15, 0.2) is 12.1 Å². The summed E-state index contributed by atoms with van der Waals surface area (Å²) < 4.78 is 11.0. The molecule has 0 aliphatic carbocycles. The molecule has 0 amide bonds. The van der Waals surface area contributed by atoms with Crippen LogP contribution in [0.3, 0.4) is 0 Å². The minimum absolute atomic E-state index is 0.227. The van der Waals surface area contributed by atoms with E-state index in [1.54, 1.807) is 19.2 Å². The molecule has 2 rings (SSSR count). The van der Waals surface area contributed by atoms with Crippen molar-refractivity contribution in [3.8, 4) is 6.07 Å². The molecule has 19 heavy (non-hydrogen) atoms. The van der Waals surface area contributed by atoms with Crippen molar-refractivity contribution in [1.29, 1.82) is 5.26 Å². The number of halogens is 1. The van der Waals surface area contributed by atoms with E-state index in [0.717, 1.165) is 12.8 Å². The lowest BCUT2D eigenvalue weighted by atomic mass is 9.94. The van der Waals surface area contributed by atoms with Gasteiger partial charge in [0.1, 0.15) is 11.9 Å². The summed E-state index contributed by atoms with van der Waals surface area (Å²) in [5, 5.41) is 12.5. The first kappa shape index (κ1) is 14.1. The topological polar surface area (TPSA) is 67.2 Å². The summed E-state index contributed by atoms with van der Waals surface area (Å²) in [6.07, 6.45) is 1.68. The van der Waals surface area contributed by atoms with Crippen molar-refractivity contribution in [3.63, 3.8) is 0 Å². The van der Waals surface area contributed by atoms with Gasteiger partial charge in [-0.15, -0.1) is 0 Å². The van der Waals surface area contributed by atoms with Gasteiger partial charge in [0.2, 0.25) is 0 Å². The van der Waals surface area contributed by atoms with Gasteiger partial charge in [0.25, 0.3) is 0 Å². The summed E-state index contributed by atoms with van der Waals surface area (Å²) >= 11 is 5.85. The van der Waals surface area contributed by atoms with Crippen LogP contribution in [0.4, 0.5) is 5.82 Å². The third kappa shape index (κ3) is 3.35. The van der Waals surface area contributed by atoms with Crippen LogP contribution in [0.25, 0.3) is 0 Å². The van der Waals surface area contributed by atoms with Gasteiger partial charge in [-0.25, -0.2) is 4.98 Å². The third-order valence-electron chi connectivity index (χ3n) is 3.38. The van der Waals surface area contributed by atoms with Gasteiger partial charge in [0, 0.05) is 39.7 Å². The normalized spacial score (nSPS) is 17.7. The molecule has 0 radical (unpaired) electrons. The summed E-state index contributed by atoms with van der Waals surface area (Å²) in [4.78, 5) is 4.15. The van der Waals surface area contributed by atoms with E-state index in [-0.39, 0.29) is 11.3 Å². The average Bonchev–Trinajstić information content (AvgIpc) is 2.47. The Morgan fingerprint density at radius 1 is 1.53 bits per heavy atom. The van der Waals surface area contributed by atoms with Gasteiger partial charge in [-0.1, -0.05) is 11.6 Å². The number of ether oxygens (including phenoxy) is 2. The zero-order valence-corrected chi connectivity index (χ0v) is 11.5. The minimum atomic E-state index is -0.230. The number of methoxy groups -OCH3 is 1. The third-order valence-corrected chi connectivity index (χ3v) is 3.69. The molecule has 0 bridgehead atoms. The highest BCUT2D eigenvalue weighted by Crippen LogP contribution is 2.25. The maximum absolute atomic E-state index is 8.89. The Bertz CT molecular complexity index is 481. The monoisotopic (exact) mass is 281 g/mol. The molecule has 1 fully saturated rings.